The monoisotopic (exact) mass is 232 g/mol. The fourth-order valence-electron chi connectivity index (χ4n) is 2.08. The minimum Gasteiger partial charge on any atom is -0.370 e. The molecule has 1 rings (SSSR count). The lowest BCUT2D eigenvalue weighted by atomic mass is 10.00. The predicted molar refractivity (Wildman–Crippen MR) is 74.9 cm³/mol. The second-order valence-corrected chi connectivity index (χ2v) is 5.01. The van der Waals surface area contributed by atoms with Gasteiger partial charge < -0.3 is 10.6 Å². The molecule has 2 N–H and O–H groups in total. The second kappa shape index (κ2) is 5.76. The molecule has 0 unspecified atom stereocenters. The number of benzene rings is 1. The Labute approximate surface area is 105 Å². The van der Waals surface area contributed by atoms with Gasteiger partial charge in [0.2, 0.25) is 0 Å². The third-order valence-corrected chi connectivity index (χ3v) is 2.78. The normalized spacial score (nSPS) is 10.5. The molecule has 0 fully saturated rings. The molecule has 0 spiro atoms. The molecule has 0 saturated carbocycles. The molecule has 2 nitrogen and oxygen atoms in total. The van der Waals surface area contributed by atoms with E-state index in [1.807, 2.05) is 0 Å². The van der Waals surface area contributed by atoms with Gasteiger partial charge in [0.05, 0.1) is 5.82 Å². The Hall–Kier alpha value is -1.44. The standard InChI is InChI=1S/C15H24N2/c1-10(2)17-14(6)16-9-15-12(4)7-11(3)8-13(15)5/h7-8,10,16-17H,6,9H2,1-5H3. The highest BCUT2D eigenvalue weighted by Crippen LogP contribution is 2.16. The van der Waals surface area contributed by atoms with Crippen molar-refractivity contribution in [3.8, 4) is 0 Å². The molecule has 94 valence electrons. The molecule has 2 heteroatoms. The van der Waals surface area contributed by atoms with E-state index in [-0.39, 0.29) is 0 Å². The van der Waals surface area contributed by atoms with Crippen LogP contribution in [0, 0.1) is 20.8 Å². The summed E-state index contributed by atoms with van der Waals surface area (Å²) < 4.78 is 0. The van der Waals surface area contributed by atoms with Crippen LogP contribution in [-0.4, -0.2) is 6.04 Å². The van der Waals surface area contributed by atoms with E-state index in [1.54, 1.807) is 0 Å². The van der Waals surface area contributed by atoms with Crippen LogP contribution in [0.5, 0.6) is 0 Å². The average Bonchev–Trinajstić information content (AvgIpc) is 2.14. The summed E-state index contributed by atoms with van der Waals surface area (Å²) in [6.07, 6.45) is 0. The molecule has 0 atom stereocenters. The lowest BCUT2D eigenvalue weighted by Gasteiger charge is -2.17. The summed E-state index contributed by atoms with van der Waals surface area (Å²) in [5.41, 5.74) is 5.37. The second-order valence-electron chi connectivity index (χ2n) is 5.01. The third kappa shape index (κ3) is 4.14. The zero-order valence-electron chi connectivity index (χ0n) is 11.6. The molecule has 0 saturated heterocycles. The van der Waals surface area contributed by atoms with Gasteiger partial charge in [-0.2, -0.15) is 0 Å². The van der Waals surface area contributed by atoms with Crippen LogP contribution in [-0.2, 0) is 6.54 Å². The highest BCUT2D eigenvalue weighted by molar-refractivity contribution is 5.37. The topological polar surface area (TPSA) is 24.1 Å². The molecular weight excluding hydrogens is 208 g/mol. The molecule has 0 aliphatic heterocycles. The van der Waals surface area contributed by atoms with Crippen molar-refractivity contribution in [3.05, 3.63) is 46.8 Å². The number of hydrogen-bond acceptors (Lipinski definition) is 2. The Bertz CT molecular complexity index is 382. The molecule has 0 aromatic heterocycles. The van der Waals surface area contributed by atoms with Crippen LogP contribution in [0.4, 0.5) is 0 Å². The van der Waals surface area contributed by atoms with Crippen LogP contribution < -0.4 is 10.6 Å². The smallest absolute Gasteiger partial charge is 0.0917 e. The van der Waals surface area contributed by atoms with Gasteiger partial charge in [-0.05, 0) is 51.3 Å². The number of aryl methyl sites for hydroxylation is 3. The maximum atomic E-state index is 3.96. The Morgan fingerprint density at radius 2 is 1.71 bits per heavy atom. The molecule has 0 aliphatic rings. The highest BCUT2D eigenvalue weighted by Gasteiger charge is 2.04. The molecule has 17 heavy (non-hydrogen) atoms. The Morgan fingerprint density at radius 3 is 2.18 bits per heavy atom. The van der Waals surface area contributed by atoms with Crippen molar-refractivity contribution in [2.45, 2.75) is 47.2 Å². The zero-order chi connectivity index (χ0) is 13.0. The van der Waals surface area contributed by atoms with Gasteiger partial charge in [0.15, 0.2) is 0 Å². The molecule has 0 heterocycles. The van der Waals surface area contributed by atoms with Gasteiger partial charge in [0.25, 0.3) is 0 Å². The van der Waals surface area contributed by atoms with Gasteiger partial charge in [0, 0.05) is 12.6 Å². The van der Waals surface area contributed by atoms with Crippen molar-refractivity contribution >= 4 is 0 Å². The molecule has 1 aromatic carbocycles. The fraction of sp³-hybridized carbons (Fsp3) is 0.467. The molecule has 1 aromatic rings. The van der Waals surface area contributed by atoms with Gasteiger partial charge in [-0.15, -0.1) is 0 Å². The van der Waals surface area contributed by atoms with Crippen molar-refractivity contribution in [2.75, 3.05) is 0 Å². The van der Waals surface area contributed by atoms with Crippen LogP contribution in [0.25, 0.3) is 0 Å². The first-order valence-electron chi connectivity index (χ1n) is 6.16. The van der Waals surface area contributed by atoms with Crippen molar-refractivity contribution in [3.63, 3.8) is 0 Å². The molecule has 0 bridgehead atoms. The SMILES string of the molecule is C=C(NCc1c(C)cc(C)cc1C)NC(C)C. The van der Waals surface area contributed by atoms with Gasteiger partial charge in [0.1, 0.15) is 0 Å². The van der Waals surface area contributed by atoms with Crippen LogP contribution >= 0.6 is 0 Å². The summed E-state index contributed by atoms with van der Waals surface area (Å²) in [5, 5.41) is 6.58. The summed E-state index contributed by atoms with van der Waals surface area (Å²) in [7, 11) is 0. The number of rotatable bonds is 5. The maximum absolute atomic E-state index is 3.96. The summed E-state index contributed by atoms with van der Waals surface area (Å²) >= 11 is 0. The van der Waals surface area contributed by atoms with Crippen LogP contribution in [0.15, 0.2) is 24.5 Å². The third-order valence-electron chi connectivity index (χ3n) is 2.78. The molecule has 0 amide bonds. The lowest BCUT2D eigenvalue weighted by Crippen LogP contribution is -2.30. The molecule has 0 aliphatic carbocycles. The number of hydrogen-bond donors (Lipinski definition) is 2. The van der Waals surface area contributed by atoms with Crippen molar-refractivity contribution in [1.29, 1.82) is 0 Å². The first-order chi connectivity index (χ1) is 7.90. The summed E-state index contributed by atoms with van der Waals surface area (Å²) in [6.45, 7) is 15.5. The fourth-order valence-corrected chi connectivity index (χ4v) is 2.08. The Kier molecular flexibility index (Phi) is 4.62. The summed E-state index contributed by atoms with van der Waals surface area (Å²) in [6, 6.07) is 4.86. The van der Waals surface area contributed by atoms with Gasteiger partial charge in [-0.25, -0.2) is 0 Å². The molecule has 0 radical (unpaired) electrons. The Balaban J connectivity index is 2.67. The van der Waals surface area contributed by atoms with Crippen LogP contribution in [0.2, 0.25) is 0 Å². The van der Waals surface area contributed by atoms with Crippen molar-refractivity contribution < 1.29 is 0 Å². The largest absolute Gasteiger partial charge is 0.370 e. The molecular formula is C15H24N2. The van der Waals surface area contributed by atoms with E-state index < -0.39 is 0 Å². The summed E-state index contributed by atoms with van der Waals surface area (Å²) in [4.78, 5) is 0. The van der Waals surface area contributed by atoms with Crippen LogP contribution in [0.1, 0.15) is 36.1 Å². The van der Waals surface area contributed by atoms with E-state index in [0.717, 1.165) is 12.4 Å². The predicted octanol–water partition coefficient (Wildman–Crippen LogP) is 3.17. The van der Waals surface area contributed by atoms with E-state index >= 15 is 0 Å². The average molecular weight is 232 g/mol. The highest BCUT2D eigenvalue weighted by atomic mass is 15.1. The van der Waals surface area contributed by atoms with E-state index in [9.17, 15) is 0 Å². The van der Waals surface area contributed by atoms with Crippen molar-refractivity contribution in [1.82, 2.24) is 10.6 Å². The van der Waals surface area contributed by atoms with Gasteiger partial charge in [-0.3, -0.25) is 0 Å². The van der Waals surface area contributed by atoms with Crippen LogP contribution in [0.3, 0.4) is 0 Å². The maximum Gasteiger partial charge on any atom is 0.0917 e. The Morgan fingerprint density at radius 1 is 1.18 bits per heavy atom. The van der Waals surface area contributed by atoms with Crippen molar-refractivity contribution in [2.24, 2.45) is 0 Å². The first kappa shape index (κ1) is 13.6. The lowest BCUT2D eigenvalue weighted by molar-refractivity contribution is 0.608. The van der Waals surface area contributed by atoms with E-state index in [2.05, 4.69) is 64.0 Å². The number of nitrogens with one attached hydrogen (secondary N) is 2. The minimum atomic E-state index is 0.412. The first-order valence-corrected chi connectivity index (χ1v) is 6.16. The van der Waals surface area contributed by atoms with Gasteiger partial charge >= 0.3 is 0 Å². The summed E-state index contributed by atoms with van der Waals surface area (Å²) in [5.74, 6) is 0.888. The van der Waals surface area contributed by atoms with E-state index in [1.165, 1.54) is 22.3 Å². The zero-order valence-corrected chi connectivity index (χ0v) is 11.6. The minimum absolute atomic E-state index is 0.412. The van der Waals surface area contributed by atoms with Gasteiger partial charge in [-0.1, -0.05) is 24.3 Å². The quantitative estimate of drug-likeness (QED) is 0.815. The van der Waals surface area contributed by atoms with E-state index in [0.29, 0.717) is 6.04 Å². The van der Waals surface area contributed by atoms with E-state index in [4.69, 9.17) is 0 Å².